The lowest BCUT2D eigenvalue weighted by atomic mass is 10.1. The average molecular weight is 232 g/mol. The van der Waals surface area contributed by atoms with Gasteiger partial charge in [0, 0.05) is 44.1 Å². The Labute approximate surface area is 102 Å². The lowest BCUT2D eigenvalue weighted by Gasteiger charge is -2.38. The minimum absolute atomic E-state index is 0.525. The molecule has 1 unspecified atom stereocenters. The molecule has 0 amide bonds. The minimum atomic E-state index is 0.525. The number of nitrogens with two attached hydrogens (primary N) is 1. The predicted molar refractivity (Wildman–Crippen MR) is 68.9 cm³/mol. The summed E-state index contributed by atoms with van der Waals surface area (Å²) >= 11 is 0. The Kier molecular flexibility index (Phi) is 2.99. The van der Waals surface area contributed by atoms with Gasteiger partial charge in [-0.1, -0.05) is 0 Å². The summed E-state index contributed by atoms with van der Waals surface area (Å²) in [4.78, 5) is 9.36. The highest BCUT2D eigenvalue weighted by molar-refractivity contribution is 5.47. The summed E-state index contributed by atoms with van der Waals surface area (Å²) < 4.78 is 0. The minimum Gasteiger partial charge on any atom is -0.369 e. The Morgan fingerprint density at radius 3 is 3.18 bits per heavy atom. The van der Waals surface area contributed by atoms with Gasteiger partial charge < -0.3 is 10.6 Å². The van der Waals surface area contributed by atoms with Crippen molar-refractivity contribution in [2.75, 3.05) is 31.1 Å². The van der Waals surface area contributed by atoms with Crippen molar-refractivity contribution in [3.8, 4) is 0 Å². The summed E-state index contributed by atoms with van der Waals surface area (Å²) in [6, 6.07) is 4.99. The van der Waals surface area contributed by atoms with Crippen LogP contribution in [0.5, 0.6) is 0 Å². The molecule has 2 aliphatic heterocycles. The van der Waals surface area contributed by atoms with Crippen LogP contribution in [0.2, 0.25) is 0 Å². The number of fused-ring (bicyclic) bond motifs is 1. The van der Waals surface area contributed by atoms with Crippen LogP contribution >= 0.6 is 0 Å². The molecule has 2 aliphatic rings. The van der Waals surface area contributed by atoms with Gasteiger partial charge in [0.2, 0.25) is 0 Å². The topological polar surface area (TPSA) is 45.4 Å². The number of rotatable bonds is 2. The summed E-state index contributed by atoms with van der Waals surface area (Å²) in [5.74, 6) is 0. The molecule has 0 aliphatic carbocycles. The van der Waals surface area contributed by atoms with Crippen LogP contribution in [0.1, 0.15) is 18.5 Å². The standard InChI is InChI=1S/C13H20N4/c14-9-11-8-12(3-4-15-11)17-7-6-16-5-1-2-13(16)10-17/h3-4,8,13H,1-2,5-7,9-10,14H2. The summed E-state index contributed by atoms with van der Waals surface area (Å²) in [7, 11) is 0. The van der Waals surface area contributed by atoms with Gasteiger partial charge in [0.25, 0.3) is 0 Å². The summed E-state index contributed by atoms with van der Waals surface area (Å²) in [5.41, 5.74) is 7.91. The van der Waals surface area contributed by atoms with Gasteiger partial charge in [0.15, 0.2) is 0 Å². The van der Waals surface area contributed by atoms with Crippen LogP contribution in [-0.2, 0) is 6.54 Å². The van der Waals surface area contributed by atoms with E-state index < -0.39 is 0 Å². The van der Waals surface area contributed by atoms with E-state index in [9.17, 15) is 0 Å². The average Bonchev–Trinajstić information content (AvgIpc) is 2.86. The third-order valence-electron chi connectivity index (χ3n) is 3.96. The molecular formula is C13H20N4. The van der Waals surface area contributed by atoms with Gasteiger partial charge in [-0.25, -0.2) is 0 Å². The molecule has 0 radical (unpaired) electrons. The first kappa shape index (κ1) is 11.0. The number of piperazine rings is 1. The number of hydrogen-bond donors (Lipinski definition) is 1. The third kappa shape index (κ3) is 2.15. The van der Waals surface area contributed by atoms with Gasteiger partial charge in [0.05, 0.1) is 5.69 Å². The Morgan fingerprint density at radius 1 is 1.35 bits per heavy atom. The van der Waals surface area contributed by atoms with E-state index in [2.05, 4.69) is 26.9 Å². The van der Waals surface area contributed by atoms with Gasteiger partial charge >= 0.3 is 0 Å². The van der Waals surface area contributed by atoms with Crippen molar-refractivity contribution in [3.05, 3.63) is 24.0 Å². The summed E-state index contributed by atoms with van der Waals surface area (Å²) in [6.45, 7) is 5.31. The first-order chi connectivity index (χ1) is 8.36. The zero-order chi connectivity index (χ0) is 11.7. The molecule has 0 spiro atoms. The van der Waals surface area contributed by atoms with Crippen LogP contribution in [0.4, 0.5) is 5.69 Å². The van der Waals surface area contributed by atoms with Gasteiger partial charge in [-0.05, 0) is 31.5 Å². The first-order valence-corrected chi connectivity index (χ1v) is 6.51. The second-order valence-electron chi connectivity index (χ2n) is 4.99. The van der Waals surface area contributed by atoms with Crippen LogP contribution in [0.3, 0.4) is 0 Å². The fourth-order valence-electron chi connectivity index (χ4n) is 3.00. The zero-order valence-electron chi connectivity index (χ0n) is 10.2. The highest BCUT2D eigenvalue weighted by atomic mass is 15.3. The van der Waals surface area contributed by atoms with E-state index in [-0.39, 0.29) is 0 Å². The fraction of sp³-hybridized carbons (Fsp3) is 0.615. The van der Waals surface area contributed by atoms with E-state index in [0.717, 1.165) is 24.8 Å². The highest BCUT2D eigenvalue weighted by Crippen LogP contribution is 2.25. The lowest BCUT2D eigenvalue weighted by Crippen LogP contribution is -2.50. The van der Waals surface area contributed by atoms with E-state index in [4.69, 9.17) is 5.73 Å². The molecule has 1 atom stereocenters. The number of hydrogen-bond acceptors (Lipinski definition) is 4. The number of pyridine rings is 1. The van der Waals surface area contributed by atoms with Crippen molar-refractivity contribution in [1.82, 2.24) is 9.88 Å². The largest absolute Gasteiger partial charge is 0.369 e. The Morgan fingerprint density at radius 2 is 2.29 bits per heavy atom. The van der Waals surface area contributed by atoms with Crippen LogP contribution in [0.15, 0.2) is 18.3 Å². The molecule has 17 heavy (non-hydrogen) atoms. The molecule has 2 saturated heterocycles. The van der Waals surface area contributed by atoms with Gasteiger partial charge in [-0.15, -0.1) is 0 Å². The molecule has 3 rings (SSSR count). The summed E-state index contributed by atoms with van der Waals surface area (Å²) in [5, 5.41) is 0. The van der Waals surface area contributed by atoms with Crippen LogP contribution < -0.4 is 10.6 Å². The Balaban J connectivity index is 1.75. The number of anilines is 1. The van der Waals surface area contributed by atoms with E-state index in [0.29, 0.717) is 6.54 Å². The molecule has 2 N–H and O–H groups in total. The molecule has 4 nitrogen and oxygen atoms in total. The third-order valence-corrected chi connectivity index (χ3v) is 3.96. The van der Waals surface area contributed by atoms with Crippen LogP contribution in [-0.4, -0.2) is 42.1 Å². The molecule has 1 aromatic rings. The Bertz CT molecular complexity index is 393. The predicted octanol–water partition coefficient (Wildman–Crippen LogP) is 0.825. The quantitative estimate of drug-likeness (QED) is 0.820. The van der Waals surface area contributed by atoms with E-state index >= 15 is 0 Å². The van der Waals surface area contributed by atoms with Crippen molar-refractivity contribution in [3.63, 3.8) is 0 Å². The van der Waals surface area contributed by atoms with Crippen molar-refractivity contribution in [1.29, 1.82) is 0 Å². The van der Waals surface area contributed by atoms with E-state index in [1.165, 1.54) is 31.6 Å². The van der Waals surface area contributed by atoms with Gasteiger partial charge in [0.1, 0.15) is 0 Å². The molecule has 92 valence electrons. The maximum atomic E-state index is 5.64. The van der Waals surface area contributed by atoms with Crippen molar-refractivity contribution >= 4 is 5.69 Å². The molecule has 0 saturated carbocycles. The molecule has 0 bridgehead atoms. The first-order valence-electron chi connectivity index (χ1n) is 6.51. The molecule has 2 fully saturated rings. The normalized spacial score (nSPS) is 25.0. The van der Waals surface area contributed by atoms with E-state index in [1.54, 1.807) is 0 Å². The van der Waals surface area contributed by atoms with Crippen molar-refractivity contribution < 1.29 is 0 Å². The molecule has 0 aromatic carbocycles. The number of nitrogens with zero attached hydrogens (tertiary/aromatic N) is 3. The Hall–Kier alpha value is -1.13. The SMILES string of the molecule is NCc1cc(N2CCN3CCCC3C2)ccn1. The van der Waals surface area contributed by atoms with Gasteiger partial charge in [-0.2, -0.15) is 0 Å². The highest BCUT2D eigenvalue weighted by Gasteiger charge is 2.30. The lowest BCUT2D eigenvalue weighted by molar-refractivity contribution is 0.231. The van der Waals surface area contributed by atoms with Crippen LogP contribution in [0.25, 0.3) is 0 Å². The monoisotopic (exact) mass is 232 g/mol. The number of aromatic nitrogens is 1. The second kappa shape index (κ2) is 4.63. The van der Waals surface area contributed by atoms with Gasteiger partial charge in [-0.3, -0.25) is 9.88 Å². The smallest absolute Gasteiger partial charge is 0.0560 e. The summed E-state index contributed by atoms with van der Waals surface area (Å²) in [6.07, 6.45) is 4.59. The second-order valence-corrected chi connectivity index (χ2v) is 4.99. The maximum absolute atomic E-state index is 5.64. The molecule has 1 aromatic heterocycles. The van der Waals surface area contributed by atoms with Crippen LogP contribution in [0, 0.1) is 0 Å². The molecule has 4 heteroatoms. The van der Waals surface area contributed by atoms with E-state index in [1.807, 2.05) is 6.20 Å². The van der Waals surface area contributed by atoms with Crippen molar-refractivity contribution in [2.24, 2.45) is 5.73 Å². The maximum Gasteiger partial charge on any atom is 0.0560 e. The zero-order valence-corrected chi connectivity index (χ0v) is 10.2. The van der Waals surface area contributed by atoms with Crippen molar-refractivity contribution in [2.45, 2.75) is 25.4 Å². The molecule has 3 heterocycles. The fourth-order valence-corrected chi connectivity index (χ4v) is 3.00. The molecular weight excluding hydrogens is 212 g/mol.